The van der Waals surface area contributed by atoms with E-state index in [0.29, 0.717) is 12.8 Å². The van der Waals surface area contributed by atoms with Crippen LogP contribution in [0.5, 0.6) is 0 Å². The summed E-state index contributed by atoms with van der Waals surface area (Å²) in [6, 6.07) is 0. The zero-order chi connectivity index (χ0) is 11.4. The fraction of sp³-hybridized carbons (Fsp3) is 0.750. The molecule has 0 spiro atoms. The highest BCUT2D eigenvalue weighted by Crippen LogP contribution is 1.98. The molecule has 0 rings (SSSR count). The summed E-state index contributed by atoms with van der Waals surface area (Å²) in [5.41, 5.74) is 0. The molecule has 0 bridgehead atoms. The average Bonchev–Trinajstić information content (AvgIpc) is 2.12. The molecule has 12 N–H and O–H groups in total. The van der Waals surface area contributed by atoms with Crippen LogP contribution in [0.15, 0.2) is 0 Å². The summed E-state index contributed by atoms with van der Waals surface area (Å²) in [4.78, 5) is 19.8. The molecule has 0 atom stereocenters. The number of carbonyl (C=O) groups is 2. The molecule has 0 radical (unpaired) electrons. The Bertz CT molecular complexity index is 148. The number of hydrogen-bond donors (Lipinski definition) is 6. The maximum absolute atomic E-state index is 9.90. The first-order chi connectivity index (χ1) is 6.54. The van der Waals surface area contributed by atoms with Crippen LogP contribution in [0.25, 0.3) is 0 Å². The third-order valence-electron chi connectivity index (χ3n) is 1.13. The number of carboxylic acid groups (broad SMARTS) is 2. The first-order valence-electron chi connectivity index (χ1n) is 4.20. The van der Waals surface area contributed by atoms with Crippen LogP contribution in [0.3, 0.4) is 0 Å². The van der Waals surface area contributed by atoms with Gasteiger partial charge in [-0.2, -0.15) is 0 Å². The summed E-state index contributed by atoms with van der Waals surface area (Å²) < 4.78 is 0. The predicted octanol–water partition coefficient (Wildman–Crippen LogP) is -0.814. The van der Waals surface area contributed by atoms with Crippen molar-refractivity contribution in [3.63, 3.8) is 0 Å². The van der Waals surface area contributed by atoms with Gasteiger partial charge >= 0.3 is 11.9 Å². The lowest BCUT2D eigenvalue weighted by molar-refractivity contribution is -0.139. The van der Waals surface area contributed by atoms with Crippen LogP contribution in [0.4, 0.5) is 0 Å². The normalized spacial score (nSPS) is 7.18. The molecule has 9 heteroatoms. The van der Waals surface area contributed by atoms with Crippen LogP contribution in [0.2, 0.25) is 0 Å². The van der Waals surface area contributed by atoms with Crippen molar-refractivity contribution in [2.45, 2.75) is 25.7 Å². The summed E-state index contributed by atoms with van der Waals surface area (Å²) in [7, 11) is 0. The van der Waals surface area contributed by atoms with E-state index in [1.807, 2.05) is 0 Å². The minimum Gasteiger partial charge on any atom is -0.481 e. The fourth-order valence-electron chi connectivity index (χ4n) is 0.552. The second kappa shape index (κ2) is 24.1. The molecule has 0 aliphatic heterocycles. The van der Waals surface area contributed by atoms with Crippen molar-refractivity contribution in [3.05, 3.63) is 0 Å². The summed E-state index contributed by atoms with van der Waals surface area (Å²) in [5, 5.41) is 31.5. The highest BCUT2D eigenvalue weighted by atomic mass is 16.4. The van der Waals surface area contributed by atoms with Gasteiger partial charge in [0.05, 0.1) is 13.2 Å². The monoisotopic (exact) mass is 260 g/mol. The smallest absolute Gasteiger partial charge is 0.303 e. The maximum Gasteiger partial charge on any atom is 0.303 e. The van der Waals surface area contributed by atoms with Crippen LogP contribution in [-0.2, 0) is 9.59 Å². The lowest BCUT2D eigenvalue weighted by Gasteiger charge is -1.92. The molecule has 0 fully saturated rings. The molecule has 0 amide bonds. The molecule has 9 nitrogen and oxygen atoms in total. The Hall–Kier alpha value is -1.26. The van der Waals surface area contributed by atoms with Crippen molar-refractivity contribution in [2.24, 2.45) is 0 Å². The van der Waals surface area contributed by atoms with Gasteiger partial charge in [-0.05, 0) is 12.8 Å². The number of aliphatic hydroxyl groups excluding tert-OH is 2. The first-order valence-corrected chi connectivity index (χ1v) is 4.20. The van der Waals surface area contributed by atoms with E-state index in [1.165, 1.54) is 0 Å². The van der Waals surface area contributed by atoms with Crippen molar-refractivity contribution in [1.82, 2.24) is 12.3 Å². The topological polar surface area (TPSA) is 217 Å². The maximum atomic E-state index is 9.90. The Morgan fingerprint density at radius 3 is 1.12 bits per heavy atom. The number of aliphatic hydroxyl groups is 2. The van der Waals surface area contributed by atoms with E-state index in [4.69, 9.17) is 20.4 Å². The Morgan fingerprint density at radius 2 is 1.00 bits per heavy atom. The van der Waals surface area contributed by atoms with Gasteiger partial charge in [-0.25, -0.2) is 0 Å². The lowest BCUT2D eigenvalue weighted by atomic mass is 10.2. The quantitative estimate of drug-likeness (QED) is 0.330. The van der Waals surface area contributed by atoms with Gasteiger partial charge in [0, 0.05) is 12.8 Å². The van der Waals surface area contributed by atoms with Gasteiger partial charge in [0.25, 0.3) is 0 Å². The molecule has 0 aromatic rings. The van der Waals surface area contributed by atoms with E-state index in [2.05, 4.69) is 0 Å². The third kappa shape index (κ3) is 52.7. The van der Waals surface area contributed by atoms with Crippen molar-refractivity contribution in [1.29, 1.82) is 0 Å². The Kier molecular flexibility index (Phi) is 42.1. The van der Waals surface area contributed by atoms with E-state index in [1.54, 1.807) is 0 Å². The zero-order valence-electron chi connectivity index (χ0n) is 9.76. The predicted molar refractivity (Wildman–Crippen MR) is 61.6 cm³/mol. The summed E-state index contributed by atoms with van der Waals surface area (Å²) in [5.74, 6) is -1.74. The summed E-state index contributed by atoms with van der Waals surface area (Å²) >= 11 is 0. The van der Waals surface area contributed by atoms with Gasteiger partial charge in [0.2, 0.25) is 0 Å². The van der Waals surface area contributed by atoms with Crippen LogP contribution < -0.4 is 12.3 Å². The number of carboxylic acids is 2. The minimum atomic E-state index is -0.870. The van der Waals surface area contributed by atoms with Crippen LogP contribution in [0, 0.1) is 0 Å². The number of hydrogen-bond acceptors (Lipinski definition) is 6. The second-order valence-corrected chi connectivity index (χ2v) is 2.44. The highest BCUT2D eigenvalue weighted by molar-refractivity contribution is 5.67. The van der Waals surface area contributed by atoms with Gasteiger partial charge in [0.1, 0.15) is 0 Å². The molecule has 0 saturated carbocycles. The van der Waals surface area contributed by atoms with Crippen molar-refractivity contribution >= 4 is 11.9 Å². The molecule has 0 unspecified atom stereocenters. The zero-order valence-corrected chi connectivity index (χ0v) is 9.76. The van der Waals surface area contributed by atoms with Crippen LogP contribution >= 0.6 is 0 Å². The van der Waals surface area contributed by atoms with E-state index < -0.39 is 11.9 Å². The number of aliphatic carboxylic acids is 2. The number of unbranched alkanes of at least 4 members (excludes halogenated alkanes) is 1. The van der Waals surface area contributed by atoms with Gasteiger partial charge in [0.15, 0.2) is 0 Å². The van der Waals surface area contributed by atoms with E-state index in [-0.39, 0.29) is 43.8 Å². The molecular formula is C8H24N2O7. The van der Waals surface area contributed by atoms with Gasteiger partial charge in [-0.15, -0.1) is 0 Å². The Morgan fingerprint density at radius 1 is 0.765 bits per heavy atom. The fourth-order valence-corrected chi connectivity index (χ4v) is 0.552. The van der Waals surface area contributed by atoms with Crippen molar-refractivity contribution in [2.75, 3.05) is 13.2 Å². The minimum absolute atomic E-state index is 0. The Balaban J connectivity index is -0.0000000607. The molecule has 0 heterocycles. The summed E-state index contributed by atoms with van der Waals surface area (Å²) in [6.07, 6.45) is 1.02. The molecule has 0 aromatic carbocycles. The van der Waals surface area contributed by atoms with Gasteiger partial charge in [-0.3, -0.25) is 9.59 Å². The van der Waals surface area contributed by atoms with Crippen molar-refractivity contribution in [3.8, 4) is 0 Å². The average molecular weight is 260 g/mol. The first kappa shape index (κ1) is 29.6. The molecule has 17 heavy (non-hydrogen) atoms. The lowest BCUT2D eigenvalue weighted by Crippen LogP contribution is -1.97. The van der Waals surface area contributed by atoms with E-state index in [0.717, 1.165) is 0 Å². The van der Waals surface area contributed by atoms with E-state index in [9.17, 15) is 9.59 Å². The van der Waals surface area contributed by atoms with Gasteiger partial charge < -0.3 is 38.2 Å². The standard InChI is InChI=1S/C6H10O4.C2H6O2.2H3N.H2O/c7-5(8)3-1-2-4-6(9)10;3-1-2-4;;;/h1-4H2,(H,7,8)(H,9,10);3-4H,1-2H2;2*1H3;1H2. The van der Waals surface area contributed by atoms with Crippen LogP contribution in [0.1, 0.15) is 25.7 Å². The molecule has 108 valence electrons. The molecule has 0 saturated heterocycles. The number of rotatable bonds is 6. The molecular weight excluding hydrogens is 236 g/mol. The SMILES string of the molecule is N.N.O.O=C(O)CCCCC(=O)O.OCCO. The molecule has 0 aliphatic rings. The van der Waals surface area contributed by atoms with Gasteiger partial charge in [-0.1, -0.05) is 0 Å². The largest absolute Gasteiger partial charge is 0.481 e. The Labute approximate surface area is 99.6 Å². The van der Waals surface area contributed by atoms with E-state index >= 15 is 0 Å². The van der Waals surface area contributed by atoms with Crippen molar-refractivity contribution < 1.29 is 35.5 Å². The molecule has 0 aliphatic carbocycles. The highest BCUT2D eigenvalue weighted by Gasteiger charge is 1.99. The second-order valence-electron chi connectivity index (χ2n) is 2.44. The summed E-state index contributed by atoms with van der Waals surface area (Å²) in [6.45, 7) is -0.250. The third-order valence-corrected chi connectivity index (χ3v) is 1.13. The van der Waals surface area contributed by atoms with Crippen LogP contribution in [-0.4, -0.2) is 51.1 Å². The molecule has 0 aromatic heterocycles.